The highest BCUT2D eigenvalue weighted by Crippen LogP contribution is 2.39. The van der Waals surface area contributed by atoms with Crippen LogP contribution in [0.2, 0.25) is 5.15 Å². The Kier molecular flexibility index (Phi) is 2.93. The Balaban J connectivity index is 1.95. The van der Waals surface area contributed by atoms with Crippen LogP contribution in [0.3, 0.4) is 0 Å². The third-order valence-electron chi connectivity index (χ3n) is 3.69. The van der Waals surface area contributed by atoms with Crippen molar-refractivity contribution in [1.29, 1.82) is 0 Å². The maximum Gasteiger partial charge on any atom is 0.164 e. The number of hydrogen-bond donors (Lipinski definition) is 0. The first-order valence-electron chi connectivity index (χ1n) is 6.71. The molecule has 3 nitrogen and oxygen atoms in total. The molecule has 20 heavy (non-hydrogen) atoms. The van der Waals surface area contributed by atoms with E-state index in [-0.39, 0.29) is 0 Å². The molecule has 0 spiro atoms. The molecule has 5 heteroatoms. The Morgan fingerprint density at radius 1 is 1.15 bits per heavy atom. The van der Waals surface area contributed by atoms with Gasteiger partial charge >= 0.3 is 0 Å². The van der Waals surface area contributed by atoms with Crippen molar-refractivity contribution in [1.82, 2.24) is 15.0 Å². The van der Waals surface area contributed by atoms with Gasteiger partial charge in [-0.05, 0) is 43.4 Å². The minimum atomic E-state index is 0.577. The third-order valence-corrected chi connectivity index (χ3v) is 5.15. The van der Waals surface area contributed by atoms with Crippen LogP contribution in [-0.4, -0.2) is 15.0 Å². The maximum atomic E-state index is 6.43. The number of nitrogens with zero attached hydrogens (tertiary/aromatic N) is 3. The number of halogens is 1. The zero-order chi connectivity index (χ0) is 13.5. The lowest BCUT2D eigenvalue weighted by atomic mass is 9.97. The van der Waals surface area contributed by atoms with Gasteiger partial charge in [-0.25, -0.2) is 9.97 Å². The summed E-state index contributed by atoms with van der Waals surface area (Å²) in [4.78, 5) is 15.7. The van der Waals surface area contributed by atoms with Crippen molar-refractivity contribution < 1.29 is 0 Å². The average molecular weight is 302 g/mol. The Hall–Kier alpha value is -1.52. The van der Waals surface area contributed by atoms with E-state index in [4.69, 9.17) is 16.6 Å². The molecular weight excluding hydrogens is 290 g/mol. The molecular formula is C15H12ClN3S. The molecule has 4 rings (SSSR count). The van der Waals surface area contributed by atoms with Gasteiger partial charge in [-0.2, -0.15) is 0 Å². The van der Waals surface area contributed by atoms with Gasteiger partial charge in [0.15, 0.2) is 5.82 Å². The Labute approximate surface area is 125 Å². The van der Waals surface area contributed by atoms with Crippen LogP contribution in [-0.2, 0) is 12.8 Å². The van der Waals surface area contributed by atoms with Crippen molar-refractivity contribution in [3.8, 4) is 11.4 Å². The summed E-state index contributed by atoms with van der Waals surface area (Å²) in [5, 5.41) is 1.65. The van der Waals surface area contributed by atoms with Gasteiger partial charge in [0.2, 0.25) is 0 Å². The molecule has 0 bridgehead atoms. The van der Waals surface area contributed by atoms with Gasteiger partial charge in [-0.1, -0.05) is 11.6 Å². The molecule has 1 aliphatic rings. The summed E-state index contributed by atoms with van der Waals surface area (Å²) in [5.74, 6) is 0.661. The largest absolute Gasteiger partial charge is 0.264 e. The van der Waals surface area contributed by atoms with Gasteiger partial charge in [0.1, 0.15) is 9.98 Å². The molecule has 3 heterocycles. The molecule has 3 aromatic rings. The fourth-order valence-corrected chi connectivity index (χ4v) is 4.34. The van der Waals surface area contributed by atoms with Crippen LogP contribution < -0.4 is 0 Å². The SMILES string of the molecule is Clc1nc(-c2cccnc2)nc2sc3c(c12)CCCC3. The van der Waals surface area contributed by atoms with Crippen molar-refractivity contribution in [2.75, 3.05) is 0 Å². The first-order chi connectivity index (χ1) is 9.83. The van der Waals surface area contributed by atoms with E-state index in [0.29, 0.717) is 11.0 Å². The number of pyridine rings is 1. The number of hydrogen-bond acceptors (Lipinski definition) is 4. The van der Waals surface area contributed by atoms with E-state index in [9.17, 15) is 0 Å². The van der Waals surface area contributed by atoms with Crippen molar-refractivity contribution >= 4 is 33.2 Å². The van der Waals surface area contributed by atoms with Crippen LogP contribution in [0.25, 0.3) is 21.6 Å². The lowest BCUT2D eigenvalue weighted by Gasteiger charge is -2.10. The van der Waals surface area contributed by atoms with Crippen molar-refractivity contribution in [2.45, 2.75) is 25.7 Å². The monoisotopic (exact) mass is 301 g/mol. The molecule has 0 saturated carbocycles. The van der Waals surface area contributed by atoms with Gasteiger partial charge in [0, 0.05) is 22.8 Å². The molecule has 3 aromatic heterocycles. The predicted molar refractivity (Wildman–Crippen MR) is 82.3 cm³/mol. The topological polar surface area (TPSA) is 38.7 Å². The summed E-state index contributed by atoms with van der Waals surface area (Å²) in [6.45, 7) is 0. The van der Waals surface area contributed by atoms with Crippen molar-refractivity contribution in [2.24, 2.45) is 0 Å². The molecule has 0 aliphatic heterocycles. The van der Waals surface area contributed by atoms with Crippen LogP contribution in [0.1, 0.15) is 23.3 Å². The molecule has 1 aliphatic carbocycles. The smallest absolute Gasteiger partial charge is 0.164 e. The maximum absolute atomic E-state index is 6.43. The lowest BCUT2D eigenvalue weighted by molar-refractivity contribution is 0.700. The number of thiophene rings is 1. The molecule has 0 fully saturated rings. The molecule has 0 saturated heterocycles. The van der Waals surface area contributed by atoms with E-state index < -0.39 is 0 Å². The number of fused-ring (bicyclic) bond motifs is 3. The first kappa shape index (κ1) is 12.2. The molecule has 0 aromatic carbocycles. The first-order valence-corrected chi connectivity index (χ1v) is 7.90. The van der Waals surface area contributed by atoms with Crippen molar-refractivity contribution in [3.63, 3.8) is 0 Å². The van der Waals surface area contributed by atoms with E-state index >= 15 is 0 Å². The van der Waals surface area contributed by atoms with E-state index in [0.717, 1.165) is 28.6 Å². The van der Waals surface area contributed by atoms with Gasteiger partial charge in [0.25, 0.3) is 0 Å². The highest BCUT2D eigenvalue weighted by molar-refractivity contribution is 7.19. The molecule has 0 radical (unpaired) electrons. The normalized spacial score (nSPS) is 14.4. The molecule has 0 atom stereocenters. The summed E-state index contributed by atoms with van der Waals surface area (Å²) in [7, 11) is 0. The van der Waals surface area contributed by atoms with Gasteiger partial charge in [-0.15, -0.1) is 11.3 Å². The van der Waals surface area contributed by atoms with Crippen LogP contribution in [0.4, 0.5) is 0 Å². The lowest BCUT2D eigenvalue weighted by Crippen LogP contribution is -1.98. The number of aryl methyl sites for hydroxylation is 2. The van der Waals surface area contributed by atoms with Crippen LogP contribution in [0.5, 0.6) is 0 Å². The zero-order valence-electron chi connectivity index (χ0n) is 10.8. The van der Waals surface area contributed by atoms with Gasteiger partial charge in [0.05, 0.1) is 5.39 Å². The summed E-state index contributed by atoms with van der Waals surface area (Å²) >= 11 is 8.19. The van der Waals surface area contributed by atoms with Gasteiger partial charge in [-0.3, -0.25) is 4.98 Å². The molecule has 100 valence electrons. The second kappa shape index (κ2) is 4.79. The highest BCUT2D eigenvalue weighted by atomic mass is 35.5. The summed E-state index contributed by atoms with van der Waals surface area (Å²) in [5.41, 5.74) is 2.28. The minimum absolute atomic E-state index is 0.577. The van der Waals surface area contributed by atoms with E-state index in [2.05, 4.69) is 9.97 Å². The van der Waals surface area contributed by atoms with E-state index in [1.54, 1.807) is 23.7 Å². The Morgan fingerprint density at radius 3 is 2.90 bits per heavy atom. The molecule has 0 N–H and O–H groups in total. The predicted octanol–water partition coefficient (Wildman–Crippen LogP) is 4.29. The number of aromatic nitrogens is 3. The molecule has 0 amide bonds. The quantitative estimate of drug-likeness (QED) is 0.630. The van der Waals surface area contributed by atoms with Crippen LogP contribution in [0.15, 0.2) is 24.5 Å². The molecule has 0 unspecified atom stereocenters. The summed E-state index contributed by atoms with van der Waals surface area (Å²) in [6.07, 6.45) is 8.26. The summed E-state index contributed by atoms with van der Waals surface area (Å²) in [6, 6.07) is 3.84. The standard InChI is InChI=1S/C15H12ClN3S/c16-13-12-10-5-1-2-6-11(10)20-15(12)19-14(18-13)9-4-3-7-17-8-9/h3-4,7-8H,1-2,5-6H2. The minimum Gasteiger partial charge on any atom is -0.264 e. The average Bonchev–Trinajstić information content (AvgIpc) is 2.87. The zero-order valence-corrected chi connectivity index (χ0v) is 12.3. The second-order valence-electron chi connectivity index (χ2n) is 4.97. The second-order valence-corrected chi connectivity index (χ2v) is 6.41. The fraction of sp³-hybridized carbons (Fsp3) is 0.267. The third kappa shape index (κ3) is 1.91. The fourth-order valence-electron chi connectivity index (χ4n) is 2.74. The van der Waals surface area contributed by atoms with Gasteiger partial charge < -0.3 is 0 Å². The highest BCUT2D eigenvalue weighted by Gasteiger charge is 2.20. The van der Waals surface area contributed by atoms with E-state index in [1.807, 2.05) is 12.1 Å². The Morgan fingerprint density at radius 2 is 2.05 bits per heavy atom. The Bertz CT molecular complexity index is 783. The van der Waals surface area contributed by atoms with Crippen LogP contribution >= 0.6 is 22.9 Å². The van der Waals surface area contributed by atoms with Crippen LogP contribution in [0, 0.1) is 0 Å². The number of rotatable bonds is 1. The summed E-state index contributed by atoms with van der Waals surface area (Å²) < 4.78 is 0. The van der Waals surface area contributed by atoms with Crippen molar-refractivity contribution in [3.05, 3.63) is 40.1 Å². The van der Waals surface area contributed by atoms with E-state index in [1.165, 1.54) is 23.3 Å².